The Bertz CT molecular complexity index is 979. The van der Waals surface area contributed by atoms with Gasteiger partial charge in [0.2, 0.25) is 11.9 Å². The molecule has 0 radical (unpaired) electrons. The van der Waals surface area contributed by atoms with Crippen molar-refractivity contribution in [1.82, 2.24) is 14.9 Å². The number of para-hydroxylation sites is 1. The molecule has 1 aliphatic rings. The first-order valence-corrected chi connectivity index (χ1v) is 9.84. The summed E-state index contributed by atoms with van der Waals surface area (Å²) in [5.41, 5.74) is 2.57. The lowest BCUT2D eigenvalue weighted by Gasteiger charge is -2.32. The molecule has 29 heavy (non-hydrogen) atoms. The van der Waals surface area contributed by atoms with E-state index in [9.17, 15) is 9.18 Å². The van der Waals surface area contributed by atoms with Gasteiger partial charge >= 0.3 is 0 Å². The topological polar surface area (TPSA) is 58.1 Å². The smallest absolute Gasteiger partial charge is 0.227 e. The number of anilines is 2. The lowest BCUT2D eigenvalue weighted by Crippen LogP contribution is -2.40. The highest BCUT2D eigenvalue weighted by atomic mass is 19.1. The van der Waals surface area contributed by atoms with E-state index >= 15 is 0 Å². The van der Waals surface area contributed by atoms with E-state index in [1.807, 2.05) is 41.3 Å². The number of piperidine rings is 1. The molecule has 3 aromatic rings. The molecule has 4 rings (SSSR count). The van der Waals surface area contributed by atoms with E-state index in [0.29, 0.717) is 18.1 Å². The first kappa shape index (κ1) is 19.1. The van der Waals surface area contributed by atoms with Crippen LogP contribution in [0.15, 0.2) is 66.9 Å². The Hall–Kier alpha value is -3.28. The number of hydrogen-bond donors (Lipinski definition) is 1. The zero-order chi connectivity index (χ0) is 20.1. The number of aromatic nitrogens is 2. The maximum absolute atomic E-state index is 13.4. The molecule has 2 aromatic carbocycles. The van der Waals surface area contributed by atoms with Gasteiger partial charge in [-0.2, -0.15) is 0 Å². The van der Waals surface area contributed by atoms with E-state index in [-0.39, 0.29) is 24.1 Å². The molecule has 1 amide bonds. The quantitative estimate of drug-likeness (QED) is 0.705. The third-order valence-electron chi connectivity index (χ3n) is 5.14. The van der Waals surface area contributed by atoms with Gasteiger partial charge in [0, 0.05) is 30.9 Å². The number of rotatable bonds is 5. The van der Waals surface area contributed by atoms with Crippen molar-refractivity contribution in [3.8, 4) is 0 Å². The summed E-state index contributed by atoms with van der Waals surface area (Å²) in [6.45, 7) is 1.35. The van der Waals surface area contributed by atoms with Crippen LogP contribution in [0.2, 0.25) is 0 Å². The molecule has 148 valence electrons. The number of carbonyl (C=O) groups is 1. The minimum absolute atomic E-state index is 0.0250. The lowest BCUT2D eigenvalue weighted by molar-refractivity contribution is -0.131. The minimum Gasteiger partial charge on any atom is -0.342 e. The second-order valence-electron chi connectivity index (χ2n) is 7.28. The number of likely N-dealkylation sites (tertiary alicyclic amines) is 1. The molecule has 0 spiro atoms. The zero-order valence-corrected chi connectivity index (χ0v) is 16.1. The van der Waals surface area contributed by atoms with Crippen molar-refractivity contribution in [1.29, 1.82) is 0 Å². The summed E-state index contributed by atoms with van der Waals surface area (Å²) in [6.07, 6.45) is 3.87. The van der Waals surface area contributed by atoms with Gasteiger partial charge in [0.05, 0.1) is 12.1 Å². The van der Waals surface area contributed by atoms with Crippen molar-refractivity contribution < 1.29 is 9.18 Å². The molecule has 0 saturated carbocycles. The first-order valence-electron chi connectivity index (χ1n) is 9.84. The van der Waals surface area contributed by atoms with Gasteiger partial charge < -0.3 is 10.2 Å². The summed E-state index contributed by atoms with van der Waals surface area (Å²) in [4.78, 5) is 23.6. The third-order valence-corrected chi connectivity index (χ3v) is 5.14. The fourth-order valence-electron chi connectivity index (χ4n) is 3.69. The molecule has 1 aliphatic heterocycles. The van der Waals surface area contributed by atoms with Crippen molar-refractivity contribution in [3.63, 3.8) is 0 Å². The van der Waals surface area contributed by atoms with Crippen LogP contribution in [-0.2, 0) is 11.2 Å². The molecule has 5 nitrogen and oxygen atoms in total. The van der Waals surface area contributed by atoms with Gasteiger partial charge in [0.1, 0.15) is 5.82 Å². The summed E-state index contributed by atoms with van der Waals surface area (Å²) in [7, 11) is 0. The highest BCUT2D eigenvalue weighted by molar-refractivity contribution is 5.79. The van der Waals surface area contributed by atoms with Crippen LogP contribution in [0, 0.1) is 5.82 Å². The fourth-order valence-corrected chi connectivity index (χ4v) is 3.69. The Labute approximate surface area is 169 Å². The van der Waals surface area contributed by atoms with Crippen molar-refractivity contribution in [2.75, 3.05) is 18.4 Å². The second kappa shape index (κ2) is 8.82. The molecule has 2 heterocycles. The summed E-state index contributed by atoms with van der Waals surface area (Å²) in [5.74, 6) is 0.430. The van der Waals surface area contributed by atoms with E-state index in [1.54, 1.807) is 18.3 Å². The number of carbonyl (C=O) groups excluding carboxylic acids is 1. The van der Waals surface area contributed by atoms with Gasteiger partial charge in [0.25, 0.3) is 0 Å². The van der Waals surface area contributed by atoms with E-state index in [0.717, 1.165) is 30.8 Å². The molecular formula is C23H23FN4O. The lowest BCUT2D eigenvalue weighted by atomic mass is 9.94. The SMILES string of the molecule is O=C(Cc1cccc(F)c1)N1CCC[C@@H](c2ccnc(Nc3ccccc3)n2)C1. The van der Waals surface area contributed by atoms with Crippen LogP contribution >= 0.6 is 0 Å². The van der Waals surface area contributed by atoms with Crippen LogP contribution in [0.5, 0.6) is 0 Å². The summed E-state index contributed by atoms with van der Waals surface area (Å²) in [5, 5.41) is 3.22. The van der Waals surface area contributed by atoms with Crippen LogP contribution in [0.25, 0.3) is 0 Å². The summed E-state index contributed by atoms with van der Waals surface area (Å²) >= 11 is 0. The van der Waals surface area contributed by atoms with E-state index in [1.165, 1.54) is 12.1 Å². The molecule has 0 unspecified atom stereocenters. The Kier molecular flexibility index (Phi) is 5.79. The van der Waals surface area contributed by atoms with E-state index in [2.05, 4.69) is 15.3 Å². The Morgan fingerprint density at radius 2 is 2.00 bits per heavy atom. The minimum atomic E-state index is -0.314. The summed E-state index contributed by atoms with van der Waals surface area (Å²) in [6, 6.07) is 17.9. The first-order chi connectivity index (χ1) is 14.2. The van der Waals surface area contributed by atoms with Crippen molar-refractivity contribution >= 4 is 17.5 Å². The molecule has 1 N–H and O–H groups in total. The van der Waals surface area contributed by atoms with Crippen LogP contribution in [0.1, 0.15) is 30.0 Å². The van der Waals surface area contributed by atoms with Crippen molar-refractivity contribution in [2.45, 2.75) is 25.2 Å². The molecule has 6 heteroatoms. The van der Waals surface area contributed by atoms with Crippen molar-refractivity contribution in [3.05, 3.63) is 83.9 Å². The number of benzene rings is 2. The average molecular weight is 390 g/mol. The molecule has 1 saturated heterocycles. The Morgan fingerprint density at radius 1 is 1.14 bits per heavy atom. The number of hydrogen-bond acceptors (Lipinski definition) is 4. The van der Waals surface area contributed by atoms with Gasteiger partial charge in [-0.05, 0) is 48.7 Å². The third kappa shape index (κ3) is 4.96. The largest absolute Gasteiger partial charge is 0.342 e. The predicted octanol–water partition coefficient (Wildman–Crippen LogP) is 4.31. The van der Waals surface area contributed by atoms with Gasteiger partial charge in [0.15, 0.2) is 0 Å². The zero-order valence-electron chi connectivity index (χ0n) is 16.1. The molecule has 1 fully saturated rings. The van der Waals surface area contributed by atoms with Crippen molar-refractivity contribution in [2.24, 2.45) is 0 Å². The standard InChI is InChI=1S/C23H23FN4O/c24-19-8-4-6-17(14-19)15-22(29)28-13-5-7-18(16-28)21-11-12-25-23(27-21)26-20-9-2-1-3-10-20/h1-4,6,8-12,14,18H,5,7,13,15-16H2,(H,25,26,27)/t18-/m1/s1. The number of nitrogens with one attached hydrogen (secondary N) is 1. The van der Waals surface area contributed by atoms with Crippen LogP contribution in [0.3, 0.4) is 0 Å². The number of nitrogens with zero attached hydrogens (tertiary/aromatic N) is 3. The van der Waals surface area contributed by atoms with Crippen LogP contribution in [0.4, 0.5) is 16.0 Å². The number of amides is 1. The monoisotopic (exact) mass is 390 g/mol. The average Bonchev–Trinajstić information content (AvgIpc) is 2.75. The highest BCUT2D eigenvalue weighted by Crippen LogP contribution is 2.27. The van der Waals surface area contributed by atoms with Gasteiger partial charge in [-0.25, -0.2) is 14.4 Å². The maximum Gasteiger partial charge on any atom is 0.227 e. The van der Waals surface area contributed by atoms with Gasteiger partial charge in [-0.3, -0.25) is 4.79 Å². The molecule has 1 aromatic heterocycles. The van der Waals surface area contributed by atoms with E-state index < -0.39 is 0 Å². The molecule has 1 atom stereocenters. The van der Waals surface area contributed by atoms with Crippen LogP contribution in [-0.4, -0.2) is 33.9 Å². The highest BCUT2D eigenvalue weighted by Gasteiger charge is 2.26. The Balaban J connectivity index is 1.43. The number of halogens is 1. The van der Waals surface area contributed by atoms with Gasteiger partial charge in [-0.15, -0.1) is 0 Å². The van der Waals surface area contributed by atoms with Gasteiger partial charge in [-0.1, -0.05) is 30.3 Å². The molecule has 0 bridgehead atoms. The van der Waals surface area contributed by atoms with Crippen LogP contribution < -0.4 is 5.32 Å². The normalized spacial score (nSPS) is 16.4. The maximum atomic E-state index is 13.4. The predicted molar refractivity (Wildman–Crippen MR) is 110 cm³/mol. The van der Waals surface area contributed by atoms with E-state index in [4.69, 9.17) is 0 Å². The second-order valence-corrected chi connectivity index (χ2v) is 7.28. The fraction of sp³-hybridized carbons (Fsp3) is 0.261. The molecule has 0 aliphatic carbocycles. The summed E-state index contributed by atoms with van der Waals surface area (Å²) < 4.78 is 13.4. The molecular weight excluding hydrogens is 367 g/mol. The Morgan fingerprint density at radius 3 is 2.83 bits per heavy atom.